The van der Waals surface area contributed by atoms with Crippen molar-refractivity contribution in [1.29, 1.82) is 0 Å². The van der Waals surface area contributed by atoms with Crippen LogP contribution in [0.4, 0.5) is 11.4 Å². The molecule has 0 aliphatic carbocycles. The van der Waals surface area contributed by atoms with Gasteiger partial charge in [-0.1, -0.05) is 23.2 Å². The van der Waals surface area contributed by atoms with E-state index in [0.29, 0.717) is 27.0 Å². The Morgan fingerprint density at radius 2 is 1.60 bits per heavy atom. The summed E-state index contributed by atoms with van der Waals surface area (Å²) in [6.07, 6.45) is 0. The summed E-state index contributed by atoms with van der Waals surface area (Å²) < 4.78 is 0. The Kier molecular flexibility index (Phi) is 6.67. The van der Waals surface area contributed by atoms with Gasteiger partial charge in [-0.3, -0.25) is 9.59 Å². The third-order valence-corrected chi connectivity index (χ3v) is 3.96. The van der Waals surface area contributed by atoms with E-state index in [9.17, 15) is 9.59 Å². The average molecular weight is 380 g/mol. The van der Waals surface area contributed by atoms with Crippen LogP contribution in [0.3, 0.4) is 0 Å². The summed E-state index contributed by atoms with van der Waals surface area (Å²) in [4.78, 5) is 23.9. The Hall–Kier alpha value is -2.24. The van der Waals surface area contributed by atoms with Gasteiger partial charge in [0.25, 0.3) is 5.91 Å². The average Bonchev–Trinajstić information content (AvgIpc) is 2.56. The van der Waals surface area contributed by atoms with Crippen molar-refractivity contribution in [2.24, 2.45) is 0 Å². The number of nitrogens with one attached hydrogen (secondary N) is 3. The molecule has 2 aromatic rings. The fourth-order valence-electron chi connectivity index (χ4n) is 2.04. The van der Waals surface area contributed by atoms with E-state index in [-0.39, 0.29) is 24.4 Å². The summed E-state index contributed by atoms with van der Waals surface area (Å²) in [5.74, 6) is -0.361. The minimum absolute atomic E-state index is 0.0688. The normalized spacial score (nSPS) is 10.4. The molecule has 0 heterocycles. The summed E-state index contributed by atoms with van der Waals surface area (Å²) >= 11 is 11.8. The number of carbonyl (C=O) groups excluding carboxylic acids is 2. The monoisotopic (exact) mass is 379 g/mol. The predicted molar refractivity (Wildman–Crippen MR) is 103 cm³/mol. The highest BCUT2D eigenvalue weighted by molar-refractivity contribution is 6.42. The van der Waals surface area contributed by atoms with Crippen LogP contribution in [0.1, 0.15) is 24.2 Å². The largest absolute Gasteiger partial charge is 0.376 e. The molecule has 0 bridgehead atoms. The highest BCUT2D eigenvalue weighted by atomic mass is 35.5. The summed E-state index contributed by atoms with van der Waals surface area (Å²) in [7, 11) is 0. The lowest BCUT2D eigenvalue weighted by atomic mass is 10.2. The van der Waals surface area contributed by atoms with Crippen LogP contribution < -0.4 is 16.0 Å². The molecule has 132 valence electrons. The van der Waals surface area contributed by atoms with Gasteiger partial charge in [0, 0.05) is 23.0 Å². The first kappa shape index (κ1) is 19.1. The second kappa shape index (κ2) is 8.74. The first-order valence-corrected chi connectivity index (χ1v) is 8.50. The molecule has 0 saturated heterocycles. The first-order valence-electron chi connectivity index (χ1n) is 7.75. The van der Waals surface area contributed by atoms with E-state index in [2.05, 4.69) is 16.0 Å². The molecule has 3 N–H and O–H groups in total. The zero-order valence-corrected chi connectivity index (χ0v) is 15.4. The molecule has 0 unspecified atom stereocenters. The van der Waals surface area contributed by atoms with Gasteiger partial charge in [0.15, 0.2) is 0 Å². The zero-order valence-electron chi connectivity index (χ0n) is 13.9. The third kappa shape index (κ3) is 5.96. The molecule has 5 nitrogen and oxygen atoms in total. The standard InChI is InChI=1S/C18H19Cl2N3O2/c1-11(2)22-18(25)12-3-5-13(6-4-12)23-17(24)10-21-14-7-8-15(19)16(20)9-14/h3-9,11,21H,10H2,1-2H3,(H,22,25)(H,23,24). The molecule has 0 aromatic heterocycles. The van der Waals surface area contributed by atoms with Crippen LogP contribution in [0, 0.1) is 0 Å². The van der Waals surface area contributed by atoms with Crippen molar-refractivity contribution in [3.05, 3.63) is 58.1 Å². The van der Waals surface area contributed by atoms with Crippen molar-refractivity contribution < 1.29 is 9.59 Å². The van der Waals surface area contributed by atoms with Crippen molar-refractivity contribution in [3.8, 4) is 0 Å². The Morgan fingerprint density at radius 3 is 2.20 bits per heavy atom. The lowest BCUT2D eigenvalue weighted by Crippen LogP contribution is -2.30. The third-order valence-electron chi connectivity index (χ3n) is 3.22. The van der Waals surface area contributed by atoms with Gasteiger partial charge in [0.2, 0.25) is 5.91 Å². The number of halogens is 2. The van der Waals surface area contributed by atoms with Gasteiger partial charge in [-0.05, 0) is 56.3 Å². The van der Waals surface area contributed by atoms with Gasteiger partial charge < -0.3 is 16.0 Å². The molecule has 0 atom stereocenters. The van der Waals surface area contributed by atoms with Crippen LogP contribution in [0.15, 0.2) is 42.5 Å². The van der Waals surface area contributed by atoms with Crippen LogP contribution in [-0.2, 0) is 4.79 Å². The Labute approximate surface area is 156 Å². The highest BCUT2D eigenvalue weighted by Crippen LogP contribution is 2.24. The molecule has 0 radical (unpaired) electrons. The fourth-order valence-corrected chi connectivity index (χ4v) is 2.34. The summed E-state index contributed by atoms with van der Waals surface area (Å²) in [6, 6.07) is 11.8. The molecule has 0 spiro atoms. The van der Waals surface area contributed by atoms with Gasteiger partial charge in [-0.15, -0.1) is 0 Å². The number of rotatable bonds is 6. The van der Waals surface area contributed by atoms with Crippen LogP contribution in [0.5, 0.6) is 0 Å². The van der Waals surface area contributed by atoms with Crippen molar-refractivity contribution in [2.75, 3.05) is 17.2 Å². The van der Waals surface area contributed by atoms with E-state index in [1.807, 2.05) is 13.8 Å². The van der Waals surface area contributed by atoms with Crippen molar-refractivity contribution in [2.45, 2.75) is 19.9 Å². The summed E-state index contributed by atoms with van der Waals surface area (Å²) in [5.41, 5.74) is 1.85. The number of hydrogen-bond acceptors (Lipinski definition) is 3. The number of anilines is 2. The molecular formula is C18H19Cl2N3O2. The topological polar surface area (TPSA) is 70.2 Å². The maximum atomic E-state index is 12.0. The Morgan fingerprint density at radius 1 is 0.960 bits per heavy atom. The van der Waals surface area contributed by atoms with Crippen LogP contribution >= 0.6 is 23.2 Å². The molecule has 25 heavy (non-hydrogen) atoms. The van der Waals surface area contributed by atoms with E-state index >= 15 is 0 Å². The smallest absolute Gasteiger partial charge is 0.251 e. The van der Waals surface area contributed by atoms with E-state index in [0.717, 1.165) is 0 Å². The summed E-state index contributed by atoms with van der Waals surface area (Å²) in [6.45, 7) is 3.87. The SMILES string of the molecule is CC(C)NC(=O)c1ccc(NC(=O)CNc2ccc(Cl)c(Cl)c2)cc1. The molecule has 0 saturated carbocycles. The number of hydrogen-bond donors (Lipinski definition) is 3. The second-order valence-electron chi connectivity index (χ2n) is 5.74. The maximum Gasteiger partial charge on any atom is 0.251 e. The molecule has 0 aliphatic heterocycles. The zero-order chi connectivity index (χ0) is 18.4. The Bertz CT molecular complexity index is 761. The van der Waals surface area contributed by atoms with E-state index in [1.54, 1.807) is 42.5 Å². The molecule has 2 amide bonds. The maximum absolute atomic E-state index is 12.0. The molecular weight excluding hydrogens is 361 g/mol. The highest BCUT2D eigenvalue weighted by Gasteiger charge is 2.08. The van der Waals surface area contributed by atoms with Crippen molar-refractivity contribution in [1.82, 2.24) is 5.32 Å². The number of benzene rings is 2. The van der Waals surface area contributed by atoms with Crippen LogP contribution in [0.25, 0.3) is 0 Å². The Balaban J connectivity index is 1.87. The van der Waals surface area contributed by atoms with Crippen molar-refractivity contribution >= 4 is 46.4 Å². The van der Waals surface area contributed by atoms with Gasteiger partial charge in [0.1, 0.15) is 0 Å². The predicted octanol–water partition coefficient (Wildman–Crippen LogP) is 4.18. The molecule has 2 aromatic carbocycles. The lowest BCUT2D eigenvalue weighted by molar-refractivity contribution is -0.114. The van der Waals surface area contributed by atoms with Crippen molar-refractivity contribution in [3.63, 3.8) is 0 Å². The number of amides is 2. The summed E-state index contributed by atoms with van der Waals surface area (Å²) in [5, 5.41) is 9.40. The second-order valence-corrected chi connectivity index (χ2v) is 6.55. The van der Waals surface area contributed by atoms with Gasteiger partial charge in [0.05, 0.1) is 16.6 Å². The van der Waals surface area contributed by atoms with E-state index in [1.165, 1.54) is 0 Å². The molecule has 7 heteroatoms. The lowest BCUT2D eigenvalue weighted by Gasteiger charge is -2.10. The number of carbonyl (C=O) groups is 2. The van der Waals surface area contributed by atoms with Crippen LogP contribution in [0.2, 0.25) is 10.0 Å². The first-order chi connectivity index (χ1) is 11.8. The fraction of sp³-hybridized carbons (Fsp3) is 0.222. The molecule has 0 aliphatic rings. The van der Waals surface area contributed by atoms with Crippen LogP contribution in [-0.4, -0.2) is 24.4 Å². The molecule has 2 rings (SSSR count). The van der Waals surface area contributed by atoms with Gasteiger partial charge >= 0.3 is 0 Å². The van der Waals surface area contributed by atoms with Gasteiger partial charge in [-0.2, -0.15) is 0 Å². The quantitative estimate of drug-likeness (QED) is 0.704. The minimum Gasteiger partial charge on any atom is -0.376 e. The van der Waals surface area contributed by atoms with Gasteiger partial charge in [-0.25, -0.2) is 0 Å². The minimum atomic E-state index is -0.217. The van der Waals surface area contributed by atoms with E-state index in [4.69, 9.17) is 23.2 Å². The van der Waals surface area contributed by atoms with E-state index < -0.39 is 0 Å². The molecule has 0 fully saturated rings.